The van der Waals surface area contributed by atoms with Gasteiger partial charge in [-0.15, -0.1) is 0 Å². The van der Waals surface area contributed by atoms with E-state index in [0.29, 0.717) is 0 Å². The number of non-ortho nitro benzene ring substituents is 1. The summed E-state index contributed by atoms with van der Waals surface area (Å²) in [5.74, 6) is -0.124. The van der Waals surface area contributed by atoms with Crippen LogP contribution >= 0.6 is 0 Å². The highest BCUT2D eigenvalue weighted by molar-refractivity contribution is 7.89. The van der Waals surface area contributed by atoms with Crippen molar-refractivity contribution in [2.75, 3.05) is 0 Å². The summed E-state index contributed by atoms with van der Waals surface area (Å²) in [6.45, 7) is 1.76. The van der Waals surface area contributed by atoms with Gasteiger partial charge in [0.15, 0.2) is 0 Å². The van der Waals surface area contributed by atoms with Crippen molar-refractivity contribution in [2.45, 2.75) is 17.9 Å². The van der Waals surface area contributed by atoms with E-state index < -0.39 is 14.9 Å². The molecule has 0 unspecified atom stereocenters. The molecule has 8 nitrogen and oxygen atoms in total. The van der Waals surface area contributed by atoms with E-state index in [9.17, 15) is 23.6 Å². The molecule has 2 aromatic carbocycles. The van der Waals surface area contributed by atoms with E-state index in [1.54, 1.807) is 19.1 Å². The molecule has 0 aliphatic rings. The minimum absolute atomic E-state index is 0.00115. The maximum Gasteiger partial charge on any atom is 0.270 e. The number of hydrogen-bond acceptors (Lipinski definition) is 6. The van der Waals surface area contributed by atoms with Gasteiger partial charge in [-0.3, -0.25) is 15.1 Å². The topological polar surface area (TPSA) is 136 Å². The standard InChI is InChI=1S/C15H15N3O5S/c1-10(11-2-5-14(6-3-11)24(16,22)23)17-9-12-8-13(18(20)21)4-7-15(12)19/h2-10,19H,1H3,(H2,16,22,23)/t10-/m0/s1. The van der Waals surface area contributed by atoms with Crippen LogP contribution in [0.15, 0.2) is 52.4 Å². The molecule has 0 saturated heterocycles. The monoisotopic (exact) mass is 349 g/mol. The summed E-state index contributed by atoms with van der Waals surface area (Å²) in [6, 6.07) is 9.20. The van der Waals surface area contributed by atoms with Crippen molar-refractivity contribution in [2.24, 2.45) is 10.1 Å². The first-order chi connectivity index (χ1) is 11.2. The van der Waals surface area contributed by atoms with Crippen LogP contribution < -0.4 is 5.14 Å². The van der Waals surface area contributed by atoms with Crippen molar-refractivity contribution in [3.63, 3.8) is 0 Å². The Kier molecular flexibility index (Phi) is 4.96. The van der Waals surface area contributed by atoms with Gasteiger partial charge in [-0.2, -0.15) is 0 Å². The number of aromatic hydroxyl groups is 1. The van der Waals surface area contributed by atoms with Gasteiger partial charge in [-0.25, -0.2) is 13.6 Å². The molecule has 9 heteroatoms. The van der Waals surface area contributed by atoms with Crippen LogP contribution in [-0.4, -0.2) is 24.7 Å². The molecule has 2 rings (SSSR count). The number of phenols is 1. The predicted molar refractivity (Wildman–Crippen MR) is 88.6 cm³/mol. The lowest BCUT2D eigenvalue weighted by Gasteiger charge is -2.07. The van der Waals surface area contributed by atoms with Gasteiger partial charge < -0.3 is 5.11 Å². The van der Waals surface area contributed by atoms with Crippen LogP contribution in [0.4, 0.5) is 5.69 Å². The molecule has 24 heavy (non-hydrogen) atoms. The molecular weight excluding hydrogens is 334 g/mol. The SMILES string of the molecule is C[C@H](N=Cc1cc([N+](=O)[O-])ccc1O)c1ccc(S(N)(=O)=O)cc1. The van der Waals surface area contributed by atoms with Gasteiger partial charge in [0.2, 0.25) is 10.0 Å². The molecule has 0 aromatic heterocycles. The lowest BCUT2D eigenvalue weighted by molar-refractivity contribution is -0.384. The summed E-state index contributed by atoms with van der Waals surface area (Å²) in [6.07, 6.45) is 1.33. The molecule has 1 atom stereocenters. The lowest BCUT2D eigenvalue weighted by Crippen LogP contribution is -2.12. The fourth-order valence-electron chi connectivity index (χ4n) is 1.97. The molecule has 0 radical (unpaired) electrons. The zero-order chi connectivity index (χ0) is 17.9. The van der Waals surface area contributed by atoms with Crippen molar-refractivity contribution >= 4 is 21.9 Å². The number of phenolic OH excluding ortho intramolecular Hbond substituents is 1. The molecule has 0 heterocycles. The van der Waals surface area contributed by atoms with Crippen molar-refractivity contribution < 1.29 is 18.4 Å². The first-order valence-electron chi connectivity index (χ1n) is 6.82. The third kappa shape index (κ3) is 4.15. The first kappa shape index (κ1) is 17.6. The fraction of sp³-hybridized carbons (Fsp3) is 0.133. The smallest absolute Gasteiger partial charge is 0.270 e. The zero-order valence-electron chi connectivity index (χ0n) is 12.7. The average Bonchev–Trinajstić information content (AvgIpc) is 2.52. The third-order valence-electron chi connectivity index (χ3n) is 3.35. The van der Waals surface area contributed by atoms with Crippen molar-refractivity contribution in [1.82, 2.24) is 0 Å². The van der Waals surface area contributed by atoms with Crippen molar-refractivity contribution in [1.29, 1.82) is 0 Å². The zero-order valence-corrected chi connectivity index (χ0v) is 13.5. The molecule has 0 aliphatic heterocycles. The average molecular weight is 349 g/mol. The number of rotatable bonds is 5. The Balaban J connectivity index is 2.23. The highest BCUT2D eigenvalue weighted by Gasteiger charge is 2.11. The minimum atomic E-state index is -3.75. The van der Waals surface area contributed by atoms with Gasteiger partial charge in [0, 0.05) is 23.9 Å². The molecular formula is C15H15N3O5S. The molecule has 3 N–H and O–H groups in total. The Bertz CT molecular complexity index is 892. The Morgan fingerprint density at radius 2 is 1.88 bits per heavy atom. The Morgan fingerprint density at radius 1 is 1.25 bits per heavy atom. The predicted octanol–water partition coefficient (Wildman–Crippen LogP) is 2.13. The molecule has 0 aliphatic carbocycles. The van der Waals surface area contributed by atoms with Gasteiger partial charge >= 0.3 is 0 Å². The molecule has 0 bridgehead atoms. The van der Waals surface area contributed by atoms with Crippen LogP contribution in [0, 0.1) is 10.1 Å². The van der Waals surface area contributed by atoms with Gasteiger partial charge in [0.1, 0.15) is 5.75 Å². The van der Waals surface area contributed by atoms with Crippen LogP contribution in [0.3, 0.4) is 0 Å². The summed E-state index contributed by atoms with van der Waals surface area (Å²) in [5.41, 5.74) is 0.792. The normalized spacial score (nSPS) is 13.1. The molecule has 2 aromatic rings. The van der Waals surface area contributed by atoms with E-state index >= 15 is 0 Å². The number of sulfonamides is 1. The Hall–Kier alpha value is -2.78. The number of hydrogen-bond donors (Lipinski definition) is 2. The number of benzene rings is 2. The number of nitrogens with two attached hydrogens (primary N) is 1. The van der Waals surface area contributed by atoms with Crippen molar-refractivity contribution in [3.05, 3.63) is 63.7 Å². The van der Waals surface area contributed by atoms with E-state index in [1.807, 2.05) is 0 Å². The quantitative estimate of drug-likeness (QED) is 0.484. The second kappa shape index (κ2) is 6.77. The second-order valence-electron chi connectivity index (χ2n) is 5.07. The fourth-order valence-corrected chi connectivity index (χ4v) is 2.49. The summed E-state index contributed by atoms with van der Waals surface area (Å²) >= 11 is 0. The van der Waals surface area contributed by atoms with Crippen LogP contribution in [0.1, 0.15) is 24.1 Å². The highest BCUT2D eigenvalue weighted by Crippen LogP contribution is 2.23. The molecule has 0 spiro atoms. The highest BCUT2D eigenvalue weighted by atomic mass is 32.2. The summed E-state index contributed by atoms with van der Waals surface area (Å²) in [5, 5.41) is 25.5. The number of aliphatic imine (C=N–C) groups is 1. The van der Waals surface area contributed by atoms with E-state index in [1.165, 1.54) is 36.5 Å². The van der Waals surface area contributed by atoms with E-state index in [2.05, 4.69) is 4.99 Å². The van der Waals surface area contributed by atoms with Crippen LogP contribution in [-0.2, 0) is 10.0 Å². The largest absolute Gasteiger partial charge is 0.507 e. The summed E-state index contributed by atoms with van der Waals surface area (Å²) in [4.78, 5) is 14.4. The lowest BCUT2D eigenvalue weighted by atomic mass is 10.1. The van der Waals surface area contributed by atoms with Crippen LogP contribution in [0.5, 0.6) is 5.75 Å². The molecule has 0 fully saturated rings. The van der Waals surface area contributed by atoms with E-state index in [-0.39, 0.29) is 27.9 Å². The first-order valence-corrected chi connectivity index (χ1v) is 8.36. The summed E-state index contributed by atoms with van der Waals surface area (Å²) < 4.78 is 22.4. The minimum Gasteiger partial charge on any atom is -0.507 e. The number of nitrogens with zero attached hydrogens (tertiary/aromatic N) is 2. The number of nitro groups is 1. The maximum atomic E-state index is 11.2. The Morgan fingerprint density at radius 3 is 2.42 bits per heavy atom. The van der Waals surface area contributed by atoms with Gasteiger partial charge in [-0.1, -0.05) is 12.1 Å². The van der Waals surface area contributed by atoms with Gasteiger partial charge in [-0.05, 0) is 30.7 Å². The Labute approximate surface area is 138 Å². The van der Waals surface area contributed by atoms with Crippen molar-refractivity contribution in [3.8, 4) is 5.75 Å². The molecule has 0 amide bonds. The third-order valence-corrected chi connectivity index (χ3v) is 4.28. The van der Waals surface area contributed by atoms with Gasteiger partial charge in [0.05, 0.1) is 15.9 Å². The maximum absolute atomic E-state index is 11.2. The van der Waals surface area contributed by atoms with E-state index in [4.69, 9.17) is 5.14 Å². The molecule has 126 valence electrons. The molecule has 0 saturated carbocycles. The van der Waals surface area contributed by atoms with E-state index in [0.717, 1.165) is 5.56 Å². The van der Waals surface area contributed by atoms with Crippen LogP contribution in [0.25, 0.3) is 0 Å². The second-order valence-corrected chi connectivity index (χ2v) is 6.63. The van der Waals surface area contributed by atoms with Gasteiger partial charge in [0.25, 0.3) is 5.69 Å². The van der Waals surface area contributed by atoms with Crippen LogP contribution in [0.2, 0.25) is 0 Å². The number of nitro benzene ring substituents is 1. The summed E-state index contributed by atoms with van der Waals surface area (Å²) in [7, 11) is -3.75. The number of primary sulfonamides is 1.